The Kier molecular flexibility index (Phi) is 3.91. The molecule has 1 heterocycles. The monoisotopic (exact) mass is 300 g/mol. The number of nitrogens with one attached hydrogen (secondary N) is 1. The first-order valence-electron chi connectivity index (χ1n) is 7.20. The summed E-state index contributed by atoms with van der Waals surface area (Å²) in [6.45, 7) is 0. The van der Waals surface area contributed by atoms with E-state index in [9.17, 15) is 9.59 Å². The molecular weight excluding hydrogens is 284 g/mol. The molecule has 6 heteroatoms. The number of aromatic nitrogens is 1. The third kappa shape index (κ3) is 3.33. The molecule has 0 saturated heterocycles. The molecule has 1 aliphatic rings. The number of carbonyl (C=O) groups is 2. The Morgan fingerprint density at radius 1 is 1.27 bits per heavy atom. The predicted molar refractivity (Wildman–Crippen MR) is 78.8 cm³/mol. The van der Waals surface area contributed by atoms with Crippen molar-refractivity contribution in [3.8, 4) is 0 Å². The Morgan fingerprint density at radius 3 is 2.64 bits per heavy atom. The summed E-state index contributed by atoms with van der Waals surface area (Å²) in [4.78, 5) is 22.8. The second kappa shape index (κ2) is 6.01. The van der Waals surface area contributed by atoms with Crippen molar-refractivity contribution in [1.82, 2.24) is 5.16 Å². The summed E-state index contributed by atoms with van der Waals surface area (Å²) in [5.74, 6) is -0.711. The number of aryl methyl sites for hydroxylation is 1. The zero-order valence-electron chi connectivity index (χ0n) is 11.9. The molecule has 2 N–H and O–H groups in total. The van der Waals surface area contributed by atoms with E-state index < -0.39 is 5.97 Å². The van der Waals surface area contributed by atoms with Crippen LogP contribution in [0.25, 0.3) is 0 Å². The third-order valence-corrected chi connectivity index (χ3v) is 3.65. The summed E-state index contributed by atoms with van der Waals surface area (Å²) in [6, 6.07) is 7.15. The lowest BCUT2D eigenvalue weighted by molar-refractivity contribution is -0.136. The molecule has 0 atom stereocenters. The molecule has 0 spiro atoms. The minimum Gasteiger partial charge on any atom is -0.481 e. The van der Waals surface area contributed by atoms with Crippen molar-refractivity contribution < 1.29 is 19.2 Å². The Morgan fingerprint density at radius 2 is 2.00 bits per heavy atom. The van der Waals surface area contributed by atoms with Gasteiger partial charge in [0.15, 0.2) is 0 Å². The predicted octanol–water partition coefficient (Wildman–Crippen LogP) is 2.82. The van der Waals surface area contributed by atoms with Gasteiger partial charge in [0.25, 0.3) is 5.91 Å². The SMILES string of the molecule is O=C(O)CCc1ccc(NC(=O)c2conc2C2CC2)cc1. The Hall–Kier alpha value is -2.63. The summed E-state index contributed by atoms with van der Waals surface area (Å²) in [5, 5.41) is 15.4. The summed E-state index contributed by atoms with van der Waals surface area (Å²) in [7, 11) is 0. The van der Waals surface area contributed by atoms with Gasteiger partial charge in [0, 0.05) is 18.0 Å². The molecule has 6 nitrogen and oxygen atoms in total. The van der Waals surface area contributed by atoms with Gasteiger partial charge in [0.05, 0.1) is 5.69 Å². The van der Waals surface area contributed by atoms with Gasteiger partial charge in [0.2, 0.25) is 0 Å². The van der Waals surface area contributed by atoms with Crippen LogP contribution in [-0.2, 0) is 11.2 Å². The number of carbonyl (C=O) groups excluding carboxylic acids is 1. The van der Waals surface area contributed by atoms with Crippen LogP contribution in [0.15, 0.2) is 35.1 Å². The highest BCUT2D eigenvalue weighted by atomic mass is 16.5. The fourth-order valence-corrected chi connectivity index (χ4v) is 2.27. The Bertz CT molecular complexity index is 686. The van der Waals surface area contributed by atoms with Crippen molar-refractivity contribution in [3.63, 3.8) is 0 Å². The number of benzene rings is 1. The average molecular weight is 300 g/mol. The van der Waals surface area contributed by atoms with Gasteiger partial charge in [0.1, 0.15) is 11.8 Å². The molecular formula is C16H16N2O4. The van der Waals surface area contributed by atoms with E-state index in [0.29, 0.717) is 23.6 Å². The number of rotatable bonds is 6. The van der Waals surface area contributed by atoms with Crippen LogP contribution in [0.3, 0.4) is 0 Å². The molecule has 1 amide bonds. The normalized spacial score (nSPS) is 13.8. The fraction of sp³-hybridized carbons (Fsp3) is 0.312. The first-order valence-corrected chi connectivity index (χ1v) is 7.20. The molecule has 0 aliphatic heterocycles. The van der Waals surface area contributed by atoms with Crippen LogP contribution in [0.1, 0.15) is 46.8 Å². The van der Waals surface area contributed by atoms with E-state index in [-0.39, 0.29) is 12.3 Å². The molecule has 0 radical (unpaired) electrons. The average Bonchev–Trinajstić information content (AvgIpc) is 3.23. The van der Waals surface area contributed by atoms with E-state index in [0.717, 1.165) is 24.1 Å². The van der Waals surface area contributed by atoms with Crippen LogP contribution < -0.4 is 5.32 Å². The molecule has 1 aromatic carbocycles. The van der Waals surface area contributed by atoms with Crippen molar-refractivity contribution in [2.24, 2.45) is 0 Å². The van der Waals surface area contributed by atoms with E-state index >= 15 is 0 Å². The van der Waals surface area contributed by atoms with Crippen LogP contribution in [0, 0.1) is 0 Å². The highest BCUT2D eigenvalue weighted by molar-refractivity contribution is 6.04. The minimum absolute atomic E-state index is 0.0944. The molecule has 1 aromatic heterocycles. The number of anilines is 1. The number of amides is 1. The summed E-state index contributed by atoms with van der Waals surface area (Å²) < 4.78 is 4.91. The van der Waals surface area contributed by atoms with E-state index in [1.165, 1.54) is 6.26 Å². The Labute approximate surface area is 127 Å². The number of hydrogen-bond acceptors (Lipinski definition) is 4. The van der Waals surface area contributed by atoms with Gasteiger partial charge in [-0.1, -0.05) is 17.3 Å². The van der Waals surface area contributed by atoms with Gasteiger partial charge in [-0.25, -0.2) is 0 Å². The van der Waals surface area contributed by atoms with Crippen LogP contribution in [0.4, 0.5) is 5.69 Å². The quantitative estimate of drug-likeness (QED) is 0.855. The van der Waals surface area contributed by atoms with E-state index in [1.54, 1.807) is 12.1 Å². The summed E-state index contributed by atoms with van der Waals surface area (Å²) in [6.07, 6.45) is 4.04. The molecule has 22 heavy (non-hydrogen) atoms. The highest BCUT2D eigenvalue weighted by Gasteiger charge is 2.31. The molecule has 0 unspecified atom stereocenters. The first kappa shape index (κ1) is 14.3. The van der Waals surface area contributed by atoms with Gasteiger partial charge in [-0.3, -0.25) is 9.59 Å². The maximum Gasteiger partial charge on any atom is 0.303 e. The van der Waals surface area contributed by atoms with E-state index in [4.69, 9.17) is 9.63 Å². The zero-order chi connectivity index (χ0) is 15.5. The summed E-state index contributed by atoms with van der Waals surface area (Å²) >= 11 is 0. The standard InChI is InChI=1S/C16H16N2O4/c19-14(20)8-3-10-1-6-12(7-2-10)17-16(21)13-9-22-18-15(13)11-4-5-11/h1-2,6-7,9,11H,3-5,8H2,(H,17,21)(H,19,20). The number of carboxylic acids is 1. The number of hydrogen-bond donors (Lipinski definition) is 2. The third-order valence-electron chi connectivity index (χ3n) is 3.65. The van der Waals surface area contributed by atoms with Gasteiger partial charge >= 0.3 is 5.97 Å². The van der Waals surface area contributed by atoms with E-state index in [1.807, 2.05) is 12.1 Å². The molecule has 1 aliphatic carbocycles. The van der Waals surface area contributed by atoms with Gasteiger partial charge in [-0.15, -0.1) is 0 Å². The molecule has 0 bridgehead atoms. The smallest absolute Gasteiger partial charge is 0.303 e. The van der Waals surface area contributed by atoms with Crippen molar-refractivity contribution >= 4 is 17.6 Å². The fourth-order valence-electron chi connectivity index (χ4n) is 2.27. The molecule has 3 rings (SSSR count). The first-order chi connectivity index (χ1) is 10.6. The zero-order valence-corrected chi connectivity index (χ0v) is 11.9. The second-order valence-corrected chi connectivity index (χ2v) is 5.43. The number of carboxylic acid groups (broad SMARTS) is 1. The van der Waals surface area contributed by atoms with E-state index in [2.05, 4.69) is 10.5 Å². The van der Waals surface area contributed by atoms with Crippen LogP contribution >= 0.6 is 0 Å². The number of nitrogens with zero attached hydrogens (tertiary/aromatic N) is 1. The summed E-state index contributed by atoms with van der Waals surface area (Å²) in [5.41, 5.74) is 2.80. The minimum atomic E-state index is -0.822. The van der Waals surface area contributed by atoms with Crippen LogP contribution in [0.2, 0.25) is 0 Å². The lowest BCUT2D eigenvalue weighted by atomic mass is 10.1. The van der Waals surface area contributed by atoms with Gasteiger partial charge in [-0.2, -0.15) is 0 Å². The van der Waals surface area contributed by atoms with Gasteiger partial charge in [-0.05, 0) is 37.0 Å². The lowest BCUT2D eigenvalue weighted by Crippen LogP contribution is -2.13. The van der Waals surface area contributed by atoms with Crippen LogP contribution in [-0.4, -0.2) is 22.1 Å². The van der Waals surface area contributed by atoms with Crippen molar-refractivity contribution in [2.75, 3.05) is 5.32 Å². The van der Waals surface area contributed by atoms with Gasteiger partial charge < -0.3 is 14.9 Å². The largest absolute Gasteiger partial charge is 0.481 e. The number of aliphatic carboxylic acids is 1. The lowest BCUT2D eigenvalue weighted by Gasteiger charge is -2.06. The molecule has 1 fully saturated rings. The maximum absolute atomic E-state index is 12.2. The Balaban J connectivity index is 1.63. The van der Waals surface area contributed by atoms with Crippen molar-refractivity contribution in [1.29, 1.82) is 0 Å². The second-order valence-electron chi connectivity index (χ2n) is 5.43. The highest BCUT2D eigenvalue weighted by Crippen LogP contribution is 2.40. The maximum atomic E-state index is 12.2. The van der Waals surface area contributed by atoms with Crippen molar-refractivity contribution in [2.45, 2.75) is 31.6 Å². The molecule has 2 aromatic rings. The van der Waals surface area contributed by atoms with Crippen molar-refractivity contribution in [3.05, 3.63) is 47.3 Å². The topological polar surface area (TPSA) is 92.4 Å². The molecule has 114 valence electrons. The van der Waals surface area contributed by atoms with Crippen LogP contribution in [0.5, 0.6) is 0 Å². The molecule has 1 saturated carbocycles.